The molecule has 2 heterocycles. The Morgan fingerprint density at radius 3 is 2.86 bits per heavy atom. The summed E-state index contributed by atoms with van der Waals surface area (Å²) in [4.78, 5) is 4.38. The normalized spacial score (nSPS) is 35.1. The highest BCUT2D eigenvalue weighted by atomic mass is 15.0. The van der Waals surface area contributed by atoms with E-state index in [9.17, 15) is 0 Å². The molecule has 3 rings (SSSR count). The highest BCUT2D eigenvalue weighted by Gasteiger charge is 2.39. The molecule has 14 heavy (non-hydrogen) atoms. The van der Waals surface area contributed by atoms with Gasteiger partial charge in [-0.05, 0) is 43.9 Å². The van der Waals surface area contributed by atoms with Gasteiger partial charge in [0.25, 0.3) is 0 Å². The minimum atomic E-state index is 0.724. The maximum Gasteiger partial charge on any atom is 0.0372 e. The van der Waals surface area contributed by atoms with Gasteiger partial charge in [-0.15, -0.1) is 0 Å². The van der Waals surface area contributed by atoms with Crippen molar-refractivity contribution in [1.29, 1.82) is 0 Å². The number of fused-ring (bicyclic) bond motifs is 2. The van der Waals surface area contributed by atoms with Gasteiger partial charge in [0.1, 0.15) is 0 Å². The maximum absolute atomic E-state index is 4.38. The largest absolute Gasteiger partial charge is 0.313 e. The lowest BCUT2D eigenvalue weighted by molar-refractivity contribution is 0.448. The standard InChI is InChI=1S/C12H16N2/c1-8-2-3-10(7-13-8)11-4-9-5-12(11)14-6-9/h2-3,7,9,11-12,14H,4-6H2,1H3/t9-,11+,12-/m0/s1. The Hall–Kier alpha value is -0.890. The summed E-state index contributed by atoms with van der Waals surface area (Å²) >= 11 is 0. The quantitative estimate of drug-likeness (QED) is 0.727. The van der Waals surface area contributed by atoms with Gasteiger partial charge in [0, 0.05) is 23.9 Å². The Kier molecular flexibility index (Phi) is 1.84. The number of pyridine rings is 1. The summed E-state index contributed by atoms with van der Waals surface area (Å²) in [6, 6.07) is 5.10. The first-order valence-corrected chi connectivity index (χ1v) is 5.49. The van der Waals surface area contributed by atoms with Gasteiger partial charge in [-0.25, -0.2) is 0 Å². The van der Waals surface area contributed by atoms with E-state index < -0.39 is 0 Å². The second-order valence-corrected chi connectivity index (χ2v) is 4.69. The minimum absolute atomic E-state index is 0.724. The third-order valence-electron chi connectivity index (χ3n) is 3.69. The average Bonchev–Trinajstić information content (AvgIpc) is 2.80. The highest BCUT2D eigenvalue weighted by molar-refractivity contribution is 5.23. The number of hydrogen-bond donors (Lipinski definition) is 1. The molecule has 1 saturated carbocycles. The molecular formula is C12H16N2. The van der Waals surface area contributed by atoms with E-state index in [0.717, 1.165) is 23.6 Å². The Morgan fingerprint density at radius 2 is 2.29 bits per heavy atom. The van der Waals surface area contributed by atoms with Crippen LogP contribution in [0.2, 0.25) is 0 Å². The Labute approximate surface area is 84.7 Å². The fourth-order valence-corrected chi connectivity index (χ4v) is 2.92. The first-order valence-electron chi connectivity index (χ1n) is 5.49. The molecule has 2 heteroatoms. The lowest BCUT2D eigenvalue weighted by Gasteiger charge is -2.22. The van der Waals surface area contributed by atoms with Crippen LogP contribution < -0.4 is 5.32 Å². The molecule has 3 atom stereocenters. The molecule has 0 amide bonds. The van der Waals surface area contributed by atoms with Crippen LogP contribution >= 0.6 is 0 Å². The van der Waals surface area contributed by atoms with Crippen LogP contribution in [0.5, 0.6) is 0 Å². The summed E-state index contributed by atoms with van der Waals surface area (Å²) in [5.74, 6) is 1.65. The summed E-state index contributed by atoms with van der Waals surface area (Å²) in [6.07, 6.45) is 4.79. The molecule has 1 aliphatic carbocycles. The Bertz CT molecular complexity index is 331. The first-order chi connectivity index (χ1) is 6.83. The number of aromatic nitrogens is 1. The fraction of sp³-hybridized carbons (Fsp3) is 0.583. The Balaban J connectivity index is 1.86. The van der Waals surface area contributed by atoms with Crippen LogP contribution in [-0.4, -0.2) is 17.6 Å². The molecule has 0 radical (unpaired) electrons. The summed E-state index contributed by atoms with van der Waals surface area (Å²) < 4.78 is 0. The predicted molar refractivity (Wildman–Crippen MR) is 56.2 cm³/mol. The molecule has 1 aromatic rings. The number of piperidine rings is 1. The van der Waals surface area contributed by atoms with Crippen LogP contribution in [0.25, 0.3) is 0 Å². The summed E-state index contributed by atoms with van der Waals surface area (Å²) in [6.45, 7) is 3.28. The predicted octanol–water partition coefficient (Wildman–Crippen LogP) is 1.86. The zero-order valence-electron chi connectivity index (χ0n) is 8.53. The average molecular weight is 188 g/mol. The van der Waals surface area contributed by atoms with Gasteiger partial charge in [0.15, 0.2) is 0 Å². The third-order valence-corrected chi connectivity index (χ3v) is 3.69. The number of nitrogens with zero attached hydrogens (tertiary/aromatic N) is 1. The van der Waals surface area contributed by atoms with E-state index in [1.54, 1.807) is 0 Å². The molecule has 1 aliphatic heterocycles. The van der Waals surface area contributed by atoms with E-state index in [-0.39, 0.29) is 0 Å². The monoisotopic (exact) mass is 188 g/mol. The zero-order chi connectivity index (χ0) is 9.54. The number of aryl methyl sites for hydroxylation is 1. The summed E-state index contributed by atoms with van der Waals surface area (Å²) in [7, 11) is 0. The minimum Gasteiger partial charge on any atom is -0.313 e. The number of nitrogens with one attached hydrogen (secondary N) is 1. The molecule has 2 bridgehead atoms. The van der Waals surface area contributed by atoms with E-state index in [2.05, 4.69) is 28.6 Å². The van der Waals surface area contributed by atoms with E-state index >= 15 is 0 Å². The second-order valence-electron chi connectivity index (χ2n) is 4.69. The van der Waals surface area contributed by atoms with Gasteiger partial charge in [0.2, 0.25) is 0 Å². The van der Waals surface area contributed by atoms with Crippen LogP contribution in [0.15, 0.2) is 18.3 Å². The molecule has 0 unspecified atom stereocenters. The smallest absolute Gasteiger partial charge is 0.0372 e. The SMILES string of the molecule is Cc1ccc([C@H]2C[C@@H]3CN[C@H]2C3)cn1. The fourth-order valence-electron chi connectivity index (χ4n) is 2.92. The number of rotatable bonds is 1. The molecule has 2 fully saturated rings. The van der Waals surface area contributed by atoms with Crippen molar-refractivity contribution in [3.63, 3.8) is 0 Å². The van der Waals surface area contributed by atoms with Crippen LogP contribution in [-0.2, 0) is 0 Å². The lowest BCUT2D eigenvalue weighted by Crippen LogP contribution is -2.31. The van der Waals surface area contributed by atoms with Crippen LogP contribution in [0, 0.1) is 12.8 Å². The molecular weight excluding hydrogens is 172 g/mol. The van der Waals surface area contributed by atoms with Crippen LogP contribution in [0.3, 0.4) is 0 Å². The van der Waals surface area contributed by atoms with Crippen LogP contribution in [0.1, 0.15) is 30.0 Å². The van der Waals surface area contributed by atoms with E-state index in [0.29, 0.717) is 0 Å². The summed E-state index contributed by atoms with van der Waals surface area (Å²) in [5, 5.41) is 3.59. The molecule has 1 aromatic heterocycles. The maximum atomic E-state index is 4.38. The molecule has 2 aliphatic rings. The molecule has 2 nitrogen and oxygen atoms in total. The van der Waals surface area contributed by atoms with Crippen molar-refractivity contribution in [3.05, 3.63) is 29.6 Å². The van der Waals surface area contributed by atoms with Gasteiger partial charge in [-0.3, -0.25) is 4.98 Å². The van der Waals surface area contributed by atoms with Gasteiger partial charge in [-0.2, -0.15) is 0 Å². The van der Waals surface area contributed by atoms with Crippen molar-refractivity contribution < 1.29 is 0 Å². The summed E-state index contributed by atoms with van der Waals surface area (Å²) in [5.41, 5.74) is 2.54. The van der Waals surface area contributed by atoms with Gasteiger partial charge >= 0.3 is 0 Å². The van der Waals surface area contributed by atoms with Crippen LogP contribution in [0.4, 0.5) is 0 Å². The van der Waals surface area contributed by atoms with E-state index in [4.69, 9.17) is 0 Å². The topological polar surface area (TPSA) is 24.9 Å². The van der Waals surface area contributed by atoms with Crippen molar-refractivity contribution in [1.82, 2.24) is 10.3 Å². The lowest BCUT2D eigenvalue weighted by atomic mass is 9.93. The van der Waals surface area contributed by atoms with Crippen molar-refractivity contribution in [2.75, 3.05) is 6.54 Å². The van der Waals surface area contributed by atoms with Crippen molar-refractivity contribution >= 4 is 0 Å². The zero-order valence-corrected chi connectivity index (χ0v) is 8.53. The Morgan fingerprint density at radius 1 is 1.36 bits per heavy atom. The second kappa shape index (κ2) is 3.06. The third kappa shape index (κ3) is 1.25. The van der Waals surface area contributed by atoms with E-state index in [1.165, 1.54) is 24.9 Å². The van der Waals surface area contributed by atoms with Gasteiger partial charge < -0.3 is 5.32 Å². The van der Waals surface area contributed by atoms with Crippen molar-refractivity contribution in [2.45, 2.75) is 31.7 Å². The van der Waals surface area contributed by atoms with Crippen molar-refractivity contribution in [2.24, 2.45) is 5.92 Å². The molecule has 0 spiro atoms. The van der Waals surface area contributed by atoms with Gasteiger partial charge in [0.05, 0.1) is 0 Å². The van der Waals surface area contributed by atoms with Gasteiger partial charge in [-0.1, -0.05) is 6.07 Å². The van der Waals surface area contributed by atoms with E-state index in [1.807, 2.05) is 6.92 Å². The molecule has 74 valence electrons. The molecule has 0 aromatic carbocycles. The number of hydrogen-bond acceptors (Lipinski definition) is 2. The van der Waals surface area contributed by atoms with Crippen molar-refractivity contribution in [3.8, 4) is 0 Å². The first kappa shape index (κ1) is 8.42. The molecule has 1 N–H and O–H groups in total. The molecule has 1 saturated heterocycles. The highest BCUT2D eigenvalue weighted by Crippen LogP contribution is 2.41.